The molecule has 0 aromatic rings. The lowest BCUT2D eigenvalue weighted by molar-refractivity contribution is 0.0413. The second-order valence-electron chi connectivity index (χ2n) is 3.40. The van der Waals surface area contributed by atoms with Crippen LogP contribution in [0.1, 0.15) is 12.8 Å². The maximum absolute atomic E-state index is 11.1. The first-order valence-corrected chi connectivity index (χ1v) is 4.37. The minimum absolute atomic E-state index is 0.330. The van der Waals surface area contributed by atoms with Gasteiger partial charge in [0.15, 0.2) is 0 Å². The van der Waals surface area contributed by atoms with Crippen LogP contribution < -0.4 is 5.73 Å². The fourth-order valence-electron chi connectivity index (χ4n) is 1.61. The molecule has 1 fully saturated rings. The molecule has 1 aliphatic rings. The van der Waals surface area contributed by atoms with E-state index >= 15 is 0 Å². The van der Waals surface area contributed by atoms with E-state index in [2.05, 4.69) is 4.74 Å². The summed E-state index contributed by atoms with van der Waals surface area (Å²) in [6, 6.07) is 0. The maximum Gasteiger partial charge on any atom is 0.409 e. The molecule has 0 radical (unpaired) electrons. The van der Waals surface area contributed by atoms with Crippen LogP contribution in [0.5, 0.6) is 0 Å². The van der Waals surface area contributed by atoms with E-state index in [4.69, 9.17) is 5.73 Å². The van der Waals surface area contributed by atoms with Gasteiger partial charge in [-0.15, -0.1) is 0 Å². The van der Waals surface area contributed by atoms with E-state index in [-0.39, 0.29) is 6.09 Å². The SMILES string of the molecule is COC(=O)N1CCC(O)(CCN)C1. The van der Waals surface area contributed by atoms with Gasteiger partial charge in [-0.3, -0.25) is 0 Å². The Balaban J connectivity index is 2.47. The normalized spacial score (nSPS) is 27.8. The van der Waals surface area contributed by atoms with Crippen LogP contribution in [0.25, 0.3) is 0 Å². The zero-order valence-electron chi connectivity index (χ0n) is 7.82. The van der Waals surface area contributed by atoms with Gasteiger partial charge in [0, 0.05) is 6.54 Å². The highest BCUT2D eigenvalue weighted by atomic mass is 16.5. The molecular formula is C8H16N2O3. The van der Waals surface area contributed by atoms with E-state index in [1.54, 1.807) is 0 Å². The van der Waals surface area contributed by atoms with Crippen LogP contribution in [-0.4, -0.2) is 48.4 Å². The number of nitrogens with two attached hydrogens (primary N) is 1. The summed E-state index contributed by atoms with van der Waals surface area (Å²) in [6.45, 7) is 1.31. The minimum Gasteiger partial charge on any atom is -0.453 e. The third kappa shape index (κ3) is 2.32. The van der Waals surface area contributed by atoms with Crippen molar-refractivity contribution in [3.8, 4) is 0 Å². The maximum atomic E-state index is 11.1. The summed E-state index contributed by atoms with van der Waals surface area (Å²) in [5.41, 5.74) is 4.55. The van der Waals surface area contributed by atoms with Gasteiger partial charge in [-0.05, 0) is 19.4 Å². The van der Waals surface area contributed by atoms with Crippen LogP contribution >= 0.6 is 0 Å². The van der Waals surface area contributed by atoms with Gasteiger partial charge in [0.1, 0.15) is 0 Å². The van der Waals surface area contributed by atoms with E-state index in [0.29, 0.717) is 32.5 Å². The highest BCUT2D eigenvalue weighted by molar-refractivity contribution is 5.67. The molecule has 0 aliphatic carbocycles. The number of β-amino-alcohol motifs (C(OH)–C–C–N with tert-alkyl or cyclic N) is 1. The zero-order valence-corrected chi connectivity index (χ0v) is 7.82. The lowest BCUT2D eigenvalue weighted by atomic mass is 9.99. The van der Waals surface area contributed by atoms with Crippen LogP contribution in [0.2, 0.25) is 0 Å². The van der Waals surface area contributed by atoms with Crippen molar-refractivity contribution < 1.29 is 14.6 Å². The molecule has 0 spiro atoms. The number of hydrogen-bond donors (Lipinski definition) is 2. The molecule has 0 saturated carbocycles. The lowest BCUT2D eigenvalue weighted by Gasteiger charge is -2.21. The number of carbonyl (C=O) groups is 1. The number of nitrogens with zero attached hydrogens (tertiary/aromatic N) is 1. The Bertz CT molecular complexity index is 198. The molecule has 5 heteroatoms. The average Bonchev–Trinajstić information content (AvgIpc) is 2.47. The Morgan fingerprint density at radius 1 is 1.77 bits per heavy atom. The number of ether oxygens (including phenoxy) is 1. The summed E-state index contributed by atoms with van der Waals surface area (Å²) in [6.07, 6.45) is 0.729. The van der Waals surface area contributed by atoms with Crippen LogP contribution in [0.15, 0.2) is 0 Å². The topological polar surface area (TPSA) is 75.8 Å². The van der Waals surface area contributed by atoms with Crippen molar-refractivity contribution >= 4 is 6.09 Å². The molecule has 13 heavy (non-hydrogen) atoms. The second-order valence-corrected chi connectivity index (χ2v) is 3.40. The first-order valence-electron chi connectivity index (χ1n) is 4.37. The molecule has 5 nitrogen and oxygen atoms in total. The fraction of sp³-hybridized carbons (Fsp3) is 0.875. The van der Waals surface area contributed by atoms with Crippen LogP contribution in [0, 0.1) is 0 Å². The van der Waals surface area contributed by atoms with E-state index in [1.807, 2.05) is 0 Å². The standard InChI is InChI=1S/C8H16N2O3/c1-13-7(11)10-5-3-8(12,6-10)2-4-9/h12H,2-6,9H2,1H3. The molecule has 1 heterocycles. The Morgan fingerprint density at radius 2 is 2.46 bits per heavy atom. The van der Waals surface area contributed by atoms with Gasteiger partial charge in [0.2, 0.25) is 0 Å². The number of aliphatic hydroxyl groups is 1. The molecule has 1 rings (SSSR count). The molecule has 76 valence electrons. The van der Waals surface area contributed by atoms with Crippen LogP contribution in [-0.2, 0) is 4.74 Å². The van der Waals surface area contributed by atoms with E-state index in [0.717, 1.165) is 0 Å². The van der Waals surface area contributed by atoms with Crippen molar-refractivity contribution in [3.05, 3.63) is 0 Å². The number of rotatable bonds is 2. The molecule has 1 aliphatic heterocycles. The molecular weight excluding hydrogens is 172 g/mol. The summed E-state index contributed by atoms with van der Waals surface area (Å²) in [5, 5.41) is 9.88. The number of amides is 1. The highest BCUT2D eigenvalue weighted by Crippen LogP contribution is 2.24. The number of hydrogen-bond acceptors (Lipinski definition) is 4. The van der Waals surface area contributed by atoms with Gasteiger partial charge in [-0.1, -0.05) is 0 Å². The van der Waals surface area contributed by atoms with Gasteiger partial charge in [0.25, 0.3) is 0 Å². The Labute approximate surface area is 77.5 Å². The quantitative estimate of drug-likeness (QED) is 0.614. The Kier molecular flexibility index (Phi) is 3.11. The summed E-state index contributed by atoms with van der Waals surface area (Å²) in [5.74, 6) is 0. The van der Waals surface area contributed by atoms with Crippen molar-refractivity contribution in [2.24, 2.45) is 5.73 Å². The second kappa shape index (κ2) is 3.93. The zero-order chi connectivity index (χ0) is 9.90. The largest absolute Gasteiger partial charge is 0.453 e. The summed E-state index contributed by atoms with van der Waals surface area (Å²) >= 11 is 0. The molecule has 1 atom stereocenters. The van der Waals surface area contributed by atoms with Gasteiger partial charge >= 0.3 is 6.09 Å². The van der Waals surface area contributed by atoms with Gasteiger partial charge in [0.05, 0.1) is 19.3 Å². The number of likely N-dealkylation sites (tertiary alicyclic amines) is 1. The molecule has 1 saturated heterocycles. The monoisotopic (exact) mass is 188 g/mol. The predicted octanol–water partition coefficient (Wildman–Crippen LogP) is -0.462. The molecule has 0 bridgehead atoms. The number of carbonyl (C=O) groups excluding carboxylic acids is 1. The smallest absolute Gasteiger partial charge is 0.409 e. The molecule has 1 amide bonds. The number of methoxy groups -OCH3 is 1. The van der Waals surface area contributed by atoms with Crippen LogP contribution in [0.4, 0.5) is 4.79 Å². The molecule has 3 N–H and O–H groups in total. The van der Waals surface area contributed by atoms with E-state index < -0.39 is 5.60 Å². The van der Waals surface area contributed by atoms with E-state index in [9.17, 15) is 9.90 Å². The lowest BCUT2D eigenvalue weighted by Crippen LogP contribution is -2.37. The van der Waals surface area contributed by atoms with Gasteiger partial charge in [-0.25, -0.2) is 4.79 Å². The third-order valence-electron chi connectivity index (χ3n) is 2.37. The van der Waals surface area contributed by atoms with Gasteiger partial charge < -0.3 is 20.5 Å². The average molecular weight is 188 g/mol. The van der Waals surface area contributed by atoms with E-state index in [1.165, 1.54) is 12.0 Å². The molecule has 0 aromatic carbocycles. The Morgan fingerprint density at radius 3 is 3.00 bits per heavy atom. The van der Waals surface area contributed by atoms with Crippen molar-refractivity contribution in [3.63, 3.8) is 0 Å². The van der Waals surface area contributed by atoms with Gasteiger partial charge in [-0.2, -0.15) is 0 Å². The van der Waals surface area contributed by atoms with Crippen molar-refractivity contribution in [1.29, 1.82) is 0 Å². The first-order chi connectivity index (χ1) is 6.11. The highest BCUT2D eigenvalue weighted by Gasteiger charge is 2.37. The first kappa shape index (κ1) is 10.3. The summed E-state index contributed by atoms with van der Waals surface area (Å²) in [4.78, 5) is 12.6. The van der Waals surface area contributed by atoms with Crippen molar-refractivity contribution in [1.82, 2.24) is 4.90 Å². The molecule has 1 unspecified atom stereocenters. The Hall–Kier alpha value is -0.810. The molecule has 0 aromatic heterocycles. The van der Waals surface area contributed by atoms with Crippen molar-refractivity contribution in [2.45, 2.75) is 18.4 Å². The fourth-order valence-corrected chi connectivity index (χ4v) is 1.61. The van der Waals surface area contributed by atoms with Crippen molar-refractivity contribution in [2.75, 3.05) is 26.7 Å². The summed E-state index contributed by atoms with van der Waals surface area (Å²) in [7, 11) is 1.34. The predicted molar refractivity (Wildman–Crippen MR) is 47.2 cm³/mol. The van der Waals surface area contributed by atoms with Crippen LogP contribution in [0.3, 0.4) is 0 Å². The summed E-state index contributed by atoms with van der Waals surface area (Å²) < 4.78 is 4.55. The third-order valence-corrected chi connectivity index (χ3v) is 2.37. The minimum atomic E-state index is -0.803.